The molecule has 2 rings (SSSR count). The van der Waals surface area contributed by atoms with Crippen molar-refractivity contribution in [2.24, 2.45) is 0 Å². The van der Waals surface area contributed by atoms with Crippen LogP contribution in [0.3, 0.4) is 0 Å². The number of alkyl halides is 3. The number of fused-ring (bicyclic) bond motifs is 1. The third kappa shape index (κ3) is 2.47. The zero-order valence-electron chi connectivity index (χ0n) is 9.84. The van der Waals surface area contributed by atoms with Crippen molar-refractivity contribution in [3.05, 3.63) is 39.8 Å². The molecule has 2 N–H and O–H groups in total. The maximum absolute atomic E-state index is 12.9. The van der Waals surface area contributed by atoms with E-state index in [0.29, 0.717) is 0 Å². The molecule has 0 atom stereocenters. The van der Waals surface area contributed by atoms with Crippen LogP contribution in [0.5, 0.6) is 0 Å². The molecular weight excluding hydrogens is 263 g/mol. The van der Waals surface area contributed by atoms with Crippen LogP contribution in [0.4, 0.5) is 13.2 Å². The lowest BCUT2D eigenvalue weighted by molar-refractivity contribution is -0.138. The summed E-state index contributed by atoms with van der Waals surface area (Å²) >= 11 is 0. The molecule has 5 nitrogen and oxygen atoms in total. The summed E-state index contributed by atoms with van der Waals surface area (Å²) in [5.41, 5.74) is -2.25. The van der Waals surface area contributed by atoms with E-state index >= 15 is 0 Å². The van der Waals surface area contributed by atoms with Crippen molar-refractivity contribution in [3.8, 4) is 0 Å². The average Bonchev–Trinajstić information content (AvgIpc) is 2.74. The molecule has 0 bridgehead atoms. The first kappa shape index (κ1) is 13.2. The van der Waals surface area contributed by atoms with Crippen LogP contribution in [0.25, 0.3) is 5.52 Å². The van der Waals surface area contributed by atoms with Gasteiger partial charge < -0.3 is 5.32 Å². The Bertz CT molecular complexity index is 685. The van der Waals surface area contributed by atoms with E-state index in [1.54, 1.807) is 0 Å². The molecule has 8 heteroatoms. The van der Waals surface area contributed by atoms with Gasteiger partial charge in [-0.1, -0.05) is 0 Å². The minimum atomic E-state index is -4.65. The zero-order chi connectivity index (χ0) is 14.2. The molecular formula is C11H10F3N3O2. The Balaban J connectivity index is 2.65. The number of H-pyrrole nitrogens is 1. The summed E-state index contributed by atoms with van der Waals surface area (Å²) < 4.78 is 39.7. The fourth-order valence-electron chi connectivity index (χ4n) is 1.76. The number of carbonyl (C=O) groups is 1. The fourth-order valence-corrected chi connectivity index (χ4v) is 1.76. The van der Waals surface area contributed by atoms with Gasteiger partial charge in [-0.15, -0.1) is 0 Å². The molecule has 2 aromatic heterocycles. The molecule has 2 heterocycles. The lowest BCUT2D eigenvalue weighted by Gasteiger charge is -2.13. The lowest BCUT2D eigenvalue weighted by atomic mass is 10.1. The van der Waals surface area contributed by atoms with Gasteiger partial charge in [-0.05, 0) is 12.1 Å². The molecule has 1 amide bonds. The highest BCUT2D eigenvalue weighted by atomic mass is 19.4. The van der Waals surface area contributed by atoms with Gasteiger partial charge in [-0.3, -0.25) is 14.7 Å². The third-order valence-corrected chi connectivity index (χ3v) is 2.61. The number of nitrogens with zero attached hydrogens (tertiary/aromatic N) is 1. The summed E-state index contributed by atoms with van der Waals surface area (Å²) in [5.74, 6) is -0.510. The summed E-state index contributed by atoms with van der Waals surface area (Å²) in [7, 11) is 0. The van der Waals surface area contributed by atoms with Crippen molar-refractivity contribution in [1.29, 1.82) is 0 Å². The Morgan fingerprint density at radius 2 is 2.16 bits per heavy atom. The minimum Gasteiger partial charge on any atom is -0.352 e. The number of halogens is 3. The van der Waals surface area contributed by atoms with Crippen molar-refractivity contribution in [1.82, 2.24) is 14.9 Å². The number of nitrogens with one attached hydrogen (secondary N) is 2. The number of carbonyl (C=O) groups excluding carboxylic acids is 1. The van der Waals surface area contributed by atoms with E-state index in [2.05, 4.69) is 10.4 Å². The van der Waals surface area contributed by atoms with Gasteiger partial charge in [0.2, 0.25) is 5.91 Å². The first-order valence-electron chi connectivity index (χ1n) is 5.34. The summed E-state index contributed by atoms with van der Waals surface area (Å²) in [6.07, 6.45) is -3.29. The summed E-state index contributed by atoms with van der Waals surface area (Å²) in [4.78, 5) is 22.7. The number of hydrogen-bond donors (Lipinski definition) is 2. The van der Waals surface area contributed by atoms with Gasteiger partial charge in [-0.2, -0.15) is 13.2 Å². The molecule has 0 aliphatic carbocycles. The normalized spacial score (nSPS) is 11.8. The highest BCUT2D eigenvalue weighted by molar-refractivity contribution is 5.72. The largest absolute Gasteiger partial charge is 0.417 e. The van der Waals surface area contributed by atoms with Gasteiger partial charge in [0, 0.05) is 19.7 Å². The van der Waals surface area contributed by atoms with E-state index in [9.17, 15) is 22.8 Å². The number of pyridine rings is 1. The molecule has 0 aliphatic rings. The van der Waals surface area contributed by atoms with E-state index in [1.165, 1.54) is 12.3 Å². The molecule has 19 heavy (non-hydrogen) atoms. The van der Waals surface area contributed by atoms with Gasteiger partial charge in [0.1, 0.15) is 0 Å². The molecule has 2 aromatic rings. The molecule has 0 radical (unpaired) electrons. The Morgan fingerprint density at radius 1 is 1.47 bits per heavy atom. The van der Waals surface area contributed by atoms with E-state index in [1.807, 2.05) is 0 Å². The molecule has 0 saturated heterocycles. The van der Waals surface area contributed by atoms with Crippen LogP contribution in [0.15, 0.2) is 23.1 Å². The van der Waals surface area contributed by atoms with E-state index < -0.39 is 35.3 Å². The van der Waals surface area contributed by atoms with Crippen molar-refractivity contribution in [2.75, 3.05) is 0 Å². The Hall–Kier alpha value is -2.25. The van der Waals surface area contributed by atoms with Crippen LogP contribution in [-0.2, 0) is 17.5 Å². The first-order chi connectivity index (χ1) is 8.80. The number of aromatic nitrogens is 2. The SMILES string of the molecule is CC(=O)NCc1c(C(F)(F)F)cc2cc[nH]n2c1=O. The minimum absolute atomic E-state index is 0.115. The highest BCUT2D eigenvalue weighted by Crippen LogP contribution is 2.31. The lowest BCUT2D eigenvalue weighted by Crippen LogP contribution is -2.30. The van der Waals surface area contributed by atoms with Crippen molar-refractivity contribution < 1.29 is 18.0 Å². The van der Waals surface area contributed by atoms with Gasteiger partial charge in [-0.25, -0.2) is 4.52 Å². The summed E-state index contributed by atoms with van der Waals surface area (Å²) in [5, 5.41) is 4.72. The third-order valence-electron chi connectivity index (χ3n) is 2.61. The molecule has 0 unspecified atom stereocenters. The molecule has 102 valence electrons. The second-order valence-corrected chi connectivity index (χ2v) is 3.97. The monoisotopic (exact) mass is 273 g/mol. The maximum Gasteiger partial charge on any atom is 0.417 e. The molecule has 0 aliphatic heterocycles. The number of aromatic amines is 1. The van der Waals surface area contributed by atoms with Gasteiger partial charge in [0.15, 0.2) is 0 Å². The predicted molar refractivity (Wildman–Crippen MR) is 60.5 cm³/mol. The van der Waals surface area contributed by atoms with E-state index in [4.69, 9.17) is 0 Å². The maximum atomic E-state index is 12.9. The molecule has 0 aromatic carbocycles. The number of amides is 1. The van der Waals surface area contributed by atoms with E-state index in [0.717, 1.165) is 17.5 Å². The van der Waals surface area contributed by atoms with Crippen LogP contribution in [0, 0.1) is 0 Å². The predicted octanol–water partition coefficient (Wildman–Crippen LogP) is 1.28. The molecule has 0 fully saturated rings. The standard InChI is InChI=1S/C11H10F3N3O2/c1-6(18)15-5-8-9(11(12,13)14)4-7-2-3-16-17(7)10(8)19/h2-4,16H,5H2,1H3,(H,15,18). The Morgan fingerprint density at radius 3 is 2.74 bits per heavy atom. The van der Waals surface area contributed by atoms with Crippen molar-refractivity contribution in [2.45, 2.75) is 19.6 Å². The Kier molecular flexibility index (Phi) is 3.09. The van der Waals surface area contributed by atoms with Crippen LogP contribution < -0.4 is 10.9 Å². The van der Waals surface area contributed by atoms with Crippen molar-refractivity contribution in [3.63, 3.8) is 0 Å². The summed E-state index contributed by atoms with van der Waals surface area (Å²) in [6.45, 7) is 0.697. The molecule has 0 spiro atoms. The fraction of sp³-hybridized carbons (Fsp3) is 0.273. The van der Waals surface area contributed by atoms with Gasteiger partial charge >= 0.3 is 6.18 Å². The van der Waals surface area contributed by atoms with Crippen LogP contribution in [-0.4, -0.2) is 15.5 Å². The van der Waals surface area contributed by atoms with Gasteiger partial charge in [0.25, 0.3) is 5.56 Å². The Labute approximate surface area is 105 Å². The second kappa shape index (κ2) is 4.45. The quantitative estimate of drug-likeness (QED) is 0.865. The van der Waals surface area contributed by atoms with Gasteiger partial charge in [0.05, 0.1) is 16.6 Å². The topological polar surface area (TPSA) is 66.4 Å². The summed E-state index contributed by atoms with van der Waals surface area (Å²) in [6, 6.07) is 2.23. The van der Waals surface area contributed by atoms with Crippen LogP contribution >= 0.6 is 0 Å². The average molecular weight is 273 g/mol. The second-order valence-electron chi connectivity index (χ2n) is 3.97. The van der Waals surface area contributed by atoms with Crippen molar-refractivity contribution >= 4 is 11.4 Å². The van der Waals surface area contributed by atoms with Crippen LogP contribution in [0.2, 0.25) is 0 Å². The number of rotatable bonds is 2. The zero-order valence-corrected chi connectivity index (χ0v) is 9.84. The number of hydrogen-bond acceptors (Lipinski definition) is 2. The smallest absolute Gasteiger partial charge is 0.352 e. The van der Waals surface area contributed by atoms with Crippen LogP contribution in [0.1, 0.15) is 18.1 Å². The highest BCUT2D eigenvalue weighted by Gasteiger charge is 2.35. The van der Waals surface area contributed by atoms with E-state index in [-0.39, 0.29) is 5.52 Å². The molecule has 0 saturated carbocycles. The first-order valence-corrected chi connectivity index (χ1v) is 5.34.